The summed E-state index contributed by atoms with van der Waals surface area (Å²) in [6, 6.07) is 10.4. The number of fused-ring (bicyclic) bond motifs is 1. The van der Waals surface area contributed by atoms with Gasteiger partial charge in [-0.2, -0.15) is 13.2 Å². The number of hydrogen-bond donors (Lipinski definition) is 1. The second-order valence-corrected chi connectivity index (χ2v) is 11.7. The SMILES string of the molecule is CC(C)(C)OC(=O)Nc1cn(C(=O)OC(C)(C)C)c2ccc(O[C@H]3C[C@@H](c4ccc(C(F)(F)F)cc4)C3)cc12. The van der Waals surface area contributed by atoms with Crippen LogP contribution in [-0.2, 0) is 15.7 Å². The number of carbonyl (C=O) groups is 2. The van der Waals surface area contributed by atoms with Gasteiger partial charge in [-0.15, -0.1) is 0 Å². The molecule has 2 aromatic carbocycles. The summed E-state index contributed by atoms with van der Waals surface area (Å²) in [4.78, 5) is 25.4. The number of aromatic nitrogens is 1. The summed E-state index contributed by atoms with van der Waals surface area (Å²) in [6.45, 7) is 10.5. The Labute approximate surface area is 225 Å². The van der Waals surface area contributed by atoms with E-state index in [2.05, 4.69) is 5.32 Å². The van der Waals surface area contributed by atoms with Gasteiger partial charge < -0.3 is 14.2 Å². The number of alkyl halides is 3. The lowest BCUT2D eigenvalue weighted by molar-refractivity contribution is -0.137. The van der Waals surface area contributed by atoms with Gasteiger partial charge in [0.05, 0.1) is 22.9 Å². The predicted molar refractivity (Wildman–Crippen MR) is 141 cm³/mol. The minimum Gasteiger partial charge on any atom is -0.490 e. The number of rotatable bonds is 4. The van der Waals surface area contributed by atoms with Crippen LogP contribution in [0.5, 0.6) is 5.75 Å². The lowest BCUT2D eigenvalue weighted by Crippen LogP contribution is -2.32. The normalized spacial score (nSPS) is 17.9. The zero-order valence-corrected chi connectivity index (χ0v) is 22.8. The van der Waals surface area contributed by atoms with Gasteiger partial charge in [-0.25, -0.2) is 9.59 Å². The molecule has 0 radical (unpaired) electrons. The van der Waals surface area contributed by atoms with Crippen LogP contribution >= 0.6 is 0 Å². The largest absolute Gasteiger partial charge is 0.490 e. The summed E-state index contributed by atoms with van der Waals surface area (Å²) < 4.78 is 56.9. The second-order valence-electron chi connectivity index (χ2n) is 11.7. The Balaban J connectivity index is 1.52. The quantitative estimate of drug-likeness (QED) is 0.358. The molecule has 1 aromatic heterocycles. The summed E-state index contributed by atoms with van der Waals surface area (Å²) in [7, 11) is 0. The van der Waals surface area contributed by atoms with Crippen LogP contribution in [-0.4, -0.2) is 34.1 Å². The van der Waals surface area contributed by atoms with Crippen LogP contribution in [0.3, 0.4) is 0 Å². The Morgan fingerprint density at radius 2 is 1.51 bits per heavy atom. The van der Waals surface area contributed by atoms with Crippen molar-refractivity contribution in [1.82, 2.24) is 4.57 Å². The molecule has 39 heavy (non-hydrogen) atoms. The number of nitrogens with zero attached hydrogens (tertiary/aromatic N) is 1. The predicted octanol–water partition coefficient (Wildman–Crippen LogP) is 8.12. The second kappa shape index (κ2) is 10.1. The van der Waals surface area contributed by atoms with Gasteiger partial charge in [0, 0.05) is 11.6 Å². The molecule has 7 nitrogen and oxygen atoms in total. The van der Waals surface area contributed by atoms with Crippen molar-refractivity contribution in [1.29, 1.82) is 0 Å². The molecule has 3 aromatic rings. The Morgan fingerprint density at radius 3 is 2.08 bits per heavy atom. The number of ether oxygens (including phenoxy) is 3. The molecule has 0 bridgehead atoms. The summed E-state index contributed by atoms with van der Waals surface area (Å²) in [6.07, 6.45) is -2.95. The Bertz CT molecular complexity index is 1360. The molecule has 1 aliphatic carbocycles. The van der Waals surface area contributed by atoms with Crippen molar-refractivity contribution in [2.24, 2.45) is 0 Å². The Hall–Kier alpha value is -3.69. The van der Waals surface area contributed by atoms with E-state index < -0.39 is 35.1 Å². The third-order valence-electron chi connectivity index (χ3n) is 6.11. The third kappa shape index (κ3) is 7.04. The molecular weight excluding hydrogens is 513 g/mol. The van der Waals surface area contributed by atoms with Gasteiger partial charge in [-0.3, -0.25) is 9.88 Å². The van der Waals surface area contributed by atoms with E-state index in [9.17, 15) is 22.8 Å². The molecule has 1 amide bonds. The van der Waals surface area contributed by atoms with Crippen LogP contribution in [0.1, 0.15) is 71.4 Å². The van der Waals surface area contributed by atoms with E-state index in [0.29, 0.717) is 35.2 Å². The minimum absolute atomic E-state index is 0.110. The summed E-state index contributed by atoms with van der Waals surface area (Å²) in [5.41, 5.74) is -0.387. The molecule has 0 saturated heterocycles. The molecule has 0 atom stereocenters. The number of nitrogens with one attached hydrogen (secondary N) is 1. The van der Waals surface area contributed by atoms with Crippen LogP contribution < -0.4 is 10.1 Å². The van der Waals surface area contributed by atoms with Crippen molar-refractivity contribution in [3.63, 3.8) is 0 Å². The number of amides is 1. The highest BCUT2D eigenvalue weighted by Gasteiger charge is 2.34. The fraction of sp³-hybridized carbons (Fsp3) is 0.448. The van der Waals surface area contributed by atoms with Crippen molar-refractivity contribution >= 4 is 28.8 Å². The fourth-order valence-electron chi connectivity index (χ4n) is 4.33. The third-order valence-corrected chi connectivity index (χ3v) is 6.11. The monoisotopic (exact) mass is 546 g/mol. The first kappa shape index (κ1) is 28.3. The molecule has 0 aliphatic heterocycles. The zero-order chi connectivity index (χ0) is 28.8. The molecule has 0 spiro atoms. The molecule has 210 valence electrons. The highest BCUT2D eigenvalue weighted by atomic mass is 19.4. The lowest BCUT2D eigenvalue weighted by atomic mass is 9.77. The molecule has 10 heteroatoms. The summed E-state index contributed by atoms with van der Waals surface area (Å²) >= 11 is 0. The number of benzene rings is 2. The minimum atomic E-state index is -4.36. The van der Waals surface area contributed by atoms with Crippen molar-refractivity contribution in [2.45, 2.75) is 83.8 Å². The van der Waals surface area contributed by atoms with Crippen LogP contribution in [0.2, 0.25) is 0 Å². The lowest BCUT2D eigenvalue weighted by Gasteiger charge is -2.35. The summed E-state index contributed by atoms with van der Waals surface area (Å²) in [5, 5.41) is 3.26. The number of carbonyl (C=O) groups excluding carboxylic acids is 2. The van der Waals surface area contributed by atoms with Gasteiger partial charge >= 0.3 is 18.4 Å². The highest BCUT2D eigenvalue weighted by molar-refractivity contribution is 6.03. The molecule has 1 heterocycles. The van der Waals surface area contributed by atoms with Gasteiger partial charge in [0.2, 0.25) is 0 Å². The molecule has 1 saturated carbocycles. The van der Waals surface area contributed by atoms with E-state index in [1.807, 2.05) is 0 Å². The molecular formula is C29H33F3N2O5. The summed E-state index contributed by atoms with van der Waals surface area (Å²) in [5.74, 6) is 0.645. The maximum absolute atomic E-state index is 12.9. The Morgan fingerprint density at radius 1 is 0.897 bits per heavy atom. The standard InChI is InChI=1S/C29H33F3N2O5/c1-27(2,3)38-25(35)33-23-16-34(26(36)39-28(4,5)6)24-12-11-20(15-22(23)24)37-21-13-18(14-21)17-7-9-19(10-8-17)29(30,31)32/h7-12,15-16,18,21H,13-14H2,1-6H3,(H,33,35)/t18-,21+. The van der Waals surface area contributed by atoms with Gasteiger partial charge in [-0.1, -0.05) is 12.1 Å². The first-order chi connectivity index (χ1) is 18.0. The highest BCUT2D eigenvalue weighted by Crippen LogP contribution is 2.41. The van der Waals surface area contributed by atoms with Crippen LogP contribution in [0, 0.1) is 0 Å². The average Bonchev–Trinajstić information content (AvgIpc) is 3.11. The molecule has 4 rings (SSSR count). The van der Waals surface area contributed by atoms with Crippen LogP contribution in [0.25, 0.3) is 10.9 Å². The van der Waals surface area contributed by atoms with E-state index in [1.54, 1.807) is 59.7 Å². The van der Waals surface area contributed by atoms with Crippen LogP contribution in [0.4, 0.5) is 28.4 Å². The van der Waals surface area contributed by atoms with Crippen molar-refractivity contribution < 1.29 is 37.0 Å². The molecule has 1 fully saturated rings. The molecule has 1 aliphatic rings. The maximum atomic E-state index is 12.9. The van der Waals surface area contributed by atoms with Gasteiger partial charge in [0.25, 0.3) is 0 Å². The first-order valence-corrected chi connectivity index (χ1v) is 12.7. The van der Waals surface area contributed by atoms with E-state index in [1.165, 1.54) is 22.9 Å². The van der Waals surface area contributed by atoms with E-state index >= 15 is 0 Å². The maximum Gasteiger partial charge on any atom is 0.419 e. The zero-order valence-electron chi connectivity index (χ0n) is 22.8. The molecule has 1 N–H and O–H groups in total. The van der Waals surface area contributed by atoms with E-state index in [4.69, 9.17) is 14.2 Å². The Kier molecular flexibility index (Phi) is 7.35. The number of anilines is 1. The van der Waals surface area contributed by atoms with E-state index in [-0.39, 0.29) is 12.0 Å². The fourth-order valence-corrected chi connectivity index (χ4v) is 4.33. The van der Waals surface area contributed by atoms with Crippen molar-refractivity contribution in [3.05, 3.63) is 59.8 Å². The van der Waals surface area contributed by atoms with Crippen molar-refractivity contribution in [2.75, 3.05) is 5.32 Å². The van der Waals surface area contributed by atoms with Gasteiger partial charge in [0.15, 0.2) is 0 Å². The van der Waals surface area contributed by atoms with Crippen LogP contribution in [0.15, 0.2) is 48.7 Å². The topological polar surface area (TPSA) is 78.8 Å². The number of hydrogen-bond acceptors (Lipinski definition) is 5. The van der Waals surface area contributed by atoms with Crippen molar-refractivity contribution in [3.8, 4) is 5.75 Å². The van der Waals surface area contributed by atoms with Gasteiger partial charge in [0.1, 0.15) is 17.0 Å². The van der Waals surface area contributed by atoms with Gasteiger partial charge in [-0.05, 0) is 96.2 Å². The smallest absolute Gasteiger partial charge is 0.419 e. The average molecular weight is 547 g/mol. The van der Waals surface area contributed by atoms with E-state index in [0.717, 1.165) is 17.7 Å². The first-order valence-electron chi connectivity index (χ1n) is 12.7. The number of halogens is 3. The molecule has 0 unspecified atom stereocenters.